The molecule has 0 atom stereocenters. The van der Waals surface area contributed by atoms with E-state index in [0.29, 0.717) is 18.8 Å². The average molecular weight is 272 g/mol. The largest absolute Gasteiger partial charge is 0.399 e. The van der Waals surface area contributed by atoms with E-state index in [-0.39, 0.29) is 0 Å². The highest BCUT2D eigenvalue weighted by Gasteiger charge is 2.12. The molecule has 0 saturated carbocycles. The van der Waals surface area contributed by atoms with Gasteiger partial charge < -0.3 is 10.6 Å². The zero-order chi connectivity index (χ0) is 13.8. The first-order chi connectivity index (χ1) is 8.33. The Balaban J connectivity index is 2.47. The van der Waals surface area contributed by atoms with E-state index in [9.17, 15) is 8.42 Å². The Morgan fingerprint density at radius 3 is 2.22 bits per heavy atom. The quantitative estimate of drug-likeness (QED) is 0.720. The van der Waals surface area contributed by atoms with E-state index in [1.165, 1.54) is 14.1 Å². The van der Waals surface area contributed by atoms with Crippen LogP contribution in [0.15, 0.2) is 24.3 Å². The molecule has 7 heteroatoms. The van der Waals surface area contributed by atoms with Gasteiger partial charge in [-0.05, 0) is 24.3 Å². The van der Waals surface area contributed by atoms with E-state index in [1.54, 1.807) is 0 Å². The van der Waals surface area contributed by atoms with E-state index in [0.717, 1.165) is 9.99 Å². The molecule has 1 aromatic carbocycles. The zero-order valence-corrected chi connectivity index (χ0v) is 11.7. The van der Waals surface area contributed by atoms with Crippen molar-refractivity contribution in [1.29, 1.82) is 0 Å². The number of nitrogens with two attached hydrogens (primary N) is 1. The third-order valence-corrected chi connectivity index (χ3v) is 4.08. The van der Waals surface area contributed by atoms with Gasteiger partial charge in [0.05, 0.1) is 0 Å². The molecule has 0 aromatic heterocycles. The topological polar surface area (TPSA) is 78.7 Å². The number of hydrogen-bond donors (Lipinski definition) is 2. The van der Waals surface area contributed by atoms with E-state index in [2.05, 4.69) is 4.72 Å². The van der Waals surface area contributed by atoms with Gasteiger partial charge in [0.15, 0.2) is 0 Å². The maximum absolute atomic E-state index is 11.5. The first kappa shape index (κ1) is 14.7. The number of benzene rings is 1. The normalized spacial score (nSPS) is 11.8. The number of nitrogens with one attached hydrogen (secondary N) is 1. The number of anilines is 2. The van der Waals surface area contributed by atoms with Gasteiger partial charge in [0.1, 0.15) is 0 Å². The molecule has 3 N–H and O–H groups in total. The van der Waals surface area contributed by atoms with Crippen molar-refractivity contribution in [3.05, 3.63) is 24.3 Å². The molecule has 0 spiro atoms. The molecule has 6 nitrogen and oxygen atoms in total. The van der Waals surface area contributed by atoms with Crippen LogP contribution in [0.4, 0.5) is 11.4 Å². The molecule has 0 heterocycles. The molecular formula is C11H20N4O2S. The first-order valence-electron chi connectivity index (χ1n) is 5.57. The molecule has 0 bridgehead atoms. The number of likely N-dealkylation sites (N-methyl/N-ethyl adjacent to an activating group) is 1. The van der Waals surface area contributed by atoms with Crippen LogP contribution >= 0.6 is 0 Å². The summed E-state index contributed by atoms with van der Waals surface area (Å²) >= 11 is 0. The minimum Gasteiger partial charge on any atom is -0.399 e. The van der Waals surface area contributed by atoms with Gasteiger partial charge in [-0.15, -0.1) is 0 Å². The third-order valence-electron chi connectivity index (χ3n) is 2.55. The molecule has 0 radical (unpaired) electrons. The smallest absolute Gasteiger partial charge is 0.278 e. The summed E-state index contributed by atoms with van der Waals surface area (Å²) in [5, 5.41) is 0. The van der Waals surface area contributed by atoms with Crippen molar-refractivity contribution < 1.29 is 8.42 Å². The number of rotatable bonds is 6. The van der Waals surface area contributed by atoms with Crippen molar-refractivity contribution in [2.45, 2.75) is 0 Å². The summed E-state index contributed by atoms with van der Waals surface area (Å²) in [5.74, 6) is 0. The summed E-state index contributed by atoms with van der Waals surface area (Å²) in [7, 11) is 1.54. The molecule has 0 aliphatic rings. The Kier molecular flexibility index (Phi) is 4.94. The lowest BCUT2D eigenvalue weighted by Crippen LogP contribution is -2.39. The van der Waals surface area contributed by atoms with Crippen LogP contribution in [0.1, 0.15) is 0 Å². The molecule has 0 saturated heterocycles. The average Bonchev–Trinajstić information content (AvgIpc) is 2.29. The number of hydrogen-bond acceptors (Lipinski definition) is 4. The SMILES string of the molecule is CN(CCNS(=O)(=O)N(C)C)c1ccc(N)cc1. The van der Waals surface area contributed by atoms with Crippen LogP contribution in [0.5, 0.6) is 0 Å². The number of nitrogens with zero attached hydrogens (tertiary/aromatic N) is 2. The van der Waals surface area contributed by atoms with E-state index in [4.69, 9.17) is 5.73 Å². The van der Waals surface area contributed by atoms with Gasteiger partial charge in [-0.1, -0.05) is 0 Å². The molecule has 0 aliphatic heterocycles. The molecule has 102 valence electrons. The van der Waals surface area contributed by atoms with Crippen LogP contribution in [0.2, 0.25) is 0 Å². The molecule has 0 amide bonds. The Morgan fingerprint density at radius 1 is 1.17 bits per heavy atom. The highest BCUT2D eigenvalue weighted by Crippen LogP contribution is 2.13. The fourth-order valence-corrected chi connectivity index (χ4v) is 1.94. The lowest BCUT2D eigenvalue weighted by atomic mass is 10.2. The predicted octanol–water partition coefficient (Wildman–Crippen LogP) is 0.101. The summed E-state index contributed by atoms with van der Waals surface area (Å²) in [6, 6.07) is 7.43. The highest BCUT2D eigenvalue weighted by atomic mass is 32.2. The summed E-state index contributed by atoms with van der Waals surface area (Å²) in [5.41, 5.74) is 7.30. The Hall–Kier alpha value is -1.31. The predicted molar refractivity (Wildman–Crippen MR) is 74.7 cm³/mol. The monoisotopic (exact) mass is 272 g/mol. The summed E-state index contributed by atoms with van der Waals surface area (Å²) in [6.45, 7) is 0.929. The van der Waals surface area contributed by atoms with Gasteiger partial charge in [-0.25, -0.2) is 4.72 Å². The first-order valence-corrected chi connectivity index (χ1v) is 7.01. The van der Waals surface area contributed by atoms with Crippen molar-refractivity contribution in [2.24, 2.45) is 0 Å². The Bertz CT molecular complexity index is 470. The molecule has 1 aromatic rings. The molecular weight excluding hydrogens is 252 g/mol. The molecule has 1 rings (SSSR count). The minimum absolute atomic E-state index is 0.349. The van der Waals surface area contributed by atoms with Crippen LogP contribution in [-0.4, -0.2) is 47.0 Å². The lowest BCUT2D eigenvalue weighted by Gasteiger charge is -2.20. The van der Waals surface area contributed by atoms with Gasteiger partial charge in [0, 0.05) is 45.6 Å². The summed E-state index contributed by atoms with van der Waals surface area (Å²) < 4.78 is 26.6. The maximum atomic E-state index is 11.5. The van der Waals surface area contributed by atoms with Crippen LogP contribution in [0.25, 0.3) is 0 Å². The second kappa shape index (κ2) is 6.03. The van der Waals surface area contributed by atoms with E-state index >= 15 is 0 Å². The Morgan fingerprint density at radius 2 is 1.72 bits per heavy atom. The van der Waals surface area contributed by atoms with Gasteiger partial charge in [-0.2, -0.15) is 12.7 Å². The van der Waals surface area contributed by atoms with Crippen molar-refractivity contribution in [1.82, 2.24) is 9.03 Å². The summed E-state index contributed by atoms with van der Waals surface area (Å²) in [6.07, 6.45) is 0. The lowest BCUT2D eigenvalue weighted by molar-refractivity contribution is 0.506. The molecule has 18 heavy (non-hydrogen) atoms. The van der Waals surface area contributed by atoms with E-state index < -0.39 is 10.2 Å². The van der Waals surface area contributed by atoms with Crippen LogP contribution < -0.4 is 15.4 Å². The zero-order valence-electron chi connectivity index (χ0n) is 10.9. The van der Waals surface area contributed by atoms with Crippen LogP contribution in [-0.2, 0) is 10.2 Å². The molecule has 0 unspecified atom stereocenters. The number of nitrogen functional groups attached to an aromatic ring is 1. The fraction of sp³-hybridized carbons (Fsp3) is 0.455. The highest BCUT2D eigenvalue weighted by molar-refractivity contribution is 7.87. The van der Waals surface area contributed by atoms with Gasteiger partial charge in [0.2, 0.25) is 0 Å². The van der Waals surface area contributed by atoms with E-state index in [1.807, 2.05) is 36.2 Å². The second-order valence-corrected chi connectivity index (χ2v) is 6.16. The molecule has 0 aliphatic carbocycles. The van der Waals surface area contributed by atoms with Gasteiger partial charge >= 0.3 is 0 Å². The Labute approximate surface area is 109 Å². The van der Waals surface area contributed by atoms with Crippen molar-refractivity contribution in [3.8, 4) is 0 Å². The van der Waals surface area contributed by atoms with Crippen molar-refractivity contribution in [3.63, 3.8) is 0 Å². The molecule has 0 fully saturated rings. The fourth-order valence-electron chi connectivity index (χ4n) is 1.33. The summed E-state index contributed by atoms with van der Waals surface area (Å²) in [4.78, 5) is 1.96. The minimum atomic E-state index is -3.35. The van der Waals surface area contributed by atoms with Crippen molar-refractivity contribution >= 4 is 21.6 Å². The van der Waals surface area contributed by atoms with Gasteiger partial charge in [0.25, 0.3) is 10.2 Å². The van der Waals surface area contributed by atoms with Crippen LogP contribution in [0, 0.1) is 0 Å². The van der Waals surface area contributed by atoms with Crippen molar-refractivity contribution in [2.75, 3.05) is 44.9 Å². The van der Waals surface area contributed by atoms with Crippen LogP contribution in [0.3, 0.4) is 0 Å². The standard InChI is InChI=1S/C11H20N4O2S/c1-14(2)18(16,17)13-8-9-15(3)11-6-4-10(12)5-7-11/h4-7,13H,8-9,12H2,1-3H3. The van der Waals surface area contributed by atoms with Gasteiger partial charge in [-0.3, -0.25) is 0 Å². The second-order valence-electron chi connectivity index (χ2n) is 4.19. The third kappa shape index (κ3) is 4.17. The maximum Gasteiger partial charge on any atom is 0.278 e.